The van der Waals surface area contributed by atoms with Crippen LogP contribution < -0.4 is 9.46 Å². The smallest absolute Gasteiger partial charge is 0.254 e. The van der Waals surface area contributed by atoms with Crippen molar-refractivity contribution in [2.24, 2.45) is 5.92 Å². The largest absolute Gasteiger partial charge is 0.495 e. The molecule has 9 heteroatoms. The molecule has 0 unspecified atom stereocenters. The lowest BCUT2D eigenvalue weighted by molar-refractivity contribution is -0.134. The third-order valence-corrected chi connectivity index (χ3v) is 7.72. The van der Waals surface area contributed by atoms with Gasteiger partial charge in [0.05, 0.1) is 7.11 Å². The molecule has 1 heterocycles. The van der Waals surface area contributed by atoms with Crippen LogP contribution in [0.5, 0.6) is 5.75 Å². The van der Waals surface area contributed by atoms with Crippen molar-refractivity contribution in [3.63, 3.8) is 0 Å². The summed E-state index contributed by atoms with van der Waals surface area (Å²) in [4.78, 5) is 28.7. The minimum atomic E-state index is -3.79. The topological polar surface area (TPSA) is 96.0 Å². The summed E-state index contributed by atoms with van der Waals surface area (Å²) in [5.41, 5.74) is 0.310. The third kappa shape index (κ3) is 4.46. The van der Waals surface area contributed by atoms with Gasteiger partial charge in [0.2, 0.25) is 15.9 Å². The number of methoxy groups -OCH3 is 1. The molecule has 4 rings (SSSR count). The molecule has 2 aliphatic carbocycles. The number of hydrogen-bond acceptors (Lipinski definition) is 5. The Morgan fingerprint density at radius 2 is 1.63 bits per heavy atom. The first-order valence-corrected chi connectivity index (χ1v) is 12.2. The Kier molecular flexibility index (Phi) is 6.02. The summed E-state index contributed by atoms with van der Waals surface area (Å²) in [7, 11) is -2.38. The Balaban J connectivity index is 1.48. The summed E-state index contributed by atoms with van der Waals surface area (Å²) in [5.74, 6) is 0.359. The van der Waals surface area contributed by atoms with Crippen LogP contribution in [0.25, 0.3) is 0 Å². The first-order valence-electron chi connectivity index (χ1n) is 10.7. The second-order valence-corrected chi connectivity index (χ2v) is 10.0. The molecule has 0 radical (unpaired) electrons. The SMILES string of the molecule is COc1ccc(C(=O)N2CCN(C(=O)C3CC3)CC2)cc1S(=O)(=O)NC1CCCC1. The highest BCUT2D eigenvalue weighted by atomic mass is 32.2. The molecule has 2 amide bonds. The molecule has 0 bridgehead atoms. The zero-order valence-corrected chi connectivity index (χ0v) is 18.1. The number of nitrogens with one attached hydrogen (secondary N) is 1. The van der Waals surface area contributed by atoms with Crippen molar-refractivity contribution in [1.82, 2.24) is 14.5 Å². The van der Waals surface area contributed by atoms with Gasteiger partial charge in [-0.1, -0.05) is 12.8 Å². The molecule has 1 N–H and O–H groups in total. The molecule has 1 aromatic carbocycles. The van der Waals surface area contributed by atoms with Gasteiger partial charge in [-0.25, -0.2) is 13.1 Å². The quantitative estimate of drug-likeness (QED) is 0.732. The van der Waals surface area contributed by atoms with Crippen LogP contribution in [0, 0.1) is 5.92 Å². The maximum Gasteiger partial charge on any atom is 0.254 e. The maximum absolute atomic E-state index is 13.0. The van der Waals surface area contributed by atoms with E-state index >= 15 is 0 Å². The molecule has 0 atom stereocenters. The summed E-state index contributed by atoms with van der Waals surface area (Å²) < 4.78 is 33.9. The Hall–Kier alpha value is -2.13. The van der Waals surface area contributed by atoms with E-state index in [9.17, 15) is 18.0 Å². The number of carbonyl (C=O) groups is 2. The lowest BCUT2D eigenvalue weighted by Crippen LogP contribution is -2.51. The molecule has 0 aromatic heterocycles. The predicted molar refractivity (Wildman–Crippen MR) is 111 cm³/mol. The van der Waals surface area contributed by atoms with Gasteiger partial charge in [-0.15, -0.1) is 0 Å². The van der Waals surface area contributed by atoms with E-state index in [1.807, 2.05) is 4.90 Å². The van der Waals surface area contributed by atoms with Crippen molar-refractivity contribution < 1.29 is 22.7 Å². The number of benzene rings is 1. The van der Waals surface area contributed by atoms with Gasteiger partial charge < -0.3 is 14.5 Å². The van der Waals surface area contributed by atoms with E-state index in [-0.39, 0.29) is 34.4 Å². The molecule has 8 nitrogen and oxygen atoms in total. The summed E-state index contributed by atoms with van der Waals surface area (Å²) in [6.07, 6.45) is 5.61. The molecule has 164 valence electrons. The number of carbonyl (C=O) groups excluding carboxylic acids is 2. The van der Waals surface area contributed by atoms with E-state index < -0.39 is 10.0 Å². The van der Waals surface area contributed by atoms with Gasteiger partial charge in [-0.3, -0.25) is 9.59 Å². The molecule has 1 saturated heterocycles. The first-order chi connectivity index (χ1) is 14.4. The van der Waals surface area contributed by atoms with Crippen molar-refractivity contribution in [3.8, 4) is 5.75 Å². The van der Waals surface area contributed by atoms with Gasteiger partial charge in [-0.2, -0.15) is 0 Å². The Labute approximate surface area is 177 Å². The Bertz CT molecular complexity index is 915. The average Bonchev–Trinajstić information content (AvgIpc) is 3.49. The molecule has 0 spiro atoms. The van der Waals surface area contributed by atoms with Crippen LogP contribution in [0.4, 0.5) is 0 Å². The average molecular weight is 436 g/mol. The van der Waals surface area contributed by atoms with Crippen LogP contribution in [0.15, 0.2) is 23.1 Å². The van der Waals surface area contributed by atoms with Crippen molar-refractivity contribution in [3.05, 3.63) is 23.8 Å². The van der Waals surface area contributed by atoms with Gasteiger partial charge in [0.15, 0.2) is 0 Å². The molecule has 1 aliphatic heterocycles. The molecule has 3 fully saturated rings. The normalized spacial score (nSPS) is 20.4. The van der Waals surface area contributed by atoms with E-state index in [0.717, 1.165) is 38.5 Å². The summed E-state index contributed by atoms with van der Waals surface area (Å²) in [6.45, 7) is 1.94. The monoisotopic (exact) mass is 435 g/mol. The van der Waals surface area contributed by atoms with Gasteiger partial charge >= 0.3 is 0 Å². The lowest BCUT2D eigenvalue weighted by Gasteiger charge is -2.35. The number of rotatable bonds is 6. The van der Waals surface area contributed by atoms with Crippen LogP contribution in [0.2, 0.25) is 0 Å². The van der Waals surface area contributed by atoms with Crippen LogP contribution in [0.3, 0.4) is 0 Å². The van der Waals surface area contributed by atoms with Crippen molar-refractivity contribution in [1.29, 1.82) is 0 Å². The number of piperazine rings is 1. The van der Waals surface area contributed by atoms with Crippen molar-refractivity contribution >= 4 is 21.8 Å². The fourth-order valence-electron chi connectivity index (χ4n) is 4.25. The van der Waals surface area contributed by atoms with Crippen LogP contribution in [-0.4, -0.2) is 69.4 Å². The number of nitrogens with zero attached hydrogens (tertiary/aromatic N) is 2. The standard InChI is InChI=1S/C21H29N3O5S/c1-29-18-9-8-16(14-19(18)30(27,28)22-17-4-2-3-5-17)21(26)24-12-10-23(11-13-24)20(25)15-6-7-15/h8-9,14-15,17,22H,2-7,10-13H2,1H3. The highest BCUT2D eigenvalue weighted by Gasteiger charge is 2.35. The van der Waals surface area contributed by atoms with E-state index in [1.165, 1.54) is 19.2 Å². The van der Waals surface area contributed by atoms with Crippen LogP contribution >= 0.6 is 0 Å². The number of hydrogen-bond donors (Lipinski definition) is 1. The number of amides is 2. The maximum atomic E-state index is 13.0. The highest BCUT2D eigenvalue weighted by Crippen LogP contribution is 2.31. The van der Waals surface area contributed by atoms with Gasteiger partial charge in [0.25, 0.3) is 5.91 Å². The van der Waals surface area contributed by atoms with Crippen LogP contribution in [0.1, 0.15) is 48.9 Å². The summed E-state index contributed by atoms with van der Waals surface area (Å²) in [6, 6.07) is 4.46. The molecular formula is C21H29N3O5S. The molecule has 30 heavy (non-hydrogen) atoms. The fraction of sp³-hybridized carbons (Fsp3) is 0.619. The molecule has 2 saturated carbocycles. The molecular weight excluding hydrogens is 406 g/mol. The van der Waals surface area contributed by atoms with Gasteiger partial charge in [0, 0.05) is 43.7 Å². The zero-order valence-electron chi connectivity index (χ0n) is 17.3. The second-order valence-electron chi connectivity index (χ2n) is 8.36. The van der Waals surface area contributed by atoms with Crippen molar-refractivity contribution in [2.75, 3.05) is 33.3 Å². The van der Waals surface area contributed by atoms with Crippen molar-refractivity contribution in [2.45, 2.75) is 49.5 Å². The minimum Gasteiger partial charge on any atom is -0.495 e. The molecule has 1 aromatic rings. The third-order valence-electron chi connectivity index (χ3n) is 6.18. The number of sulfonamides is 1. The summed E-state index contributed by atoms with van der Waals surface area (Å²) >= 11 is 0. The first kappa shape index (κ1) is 21.1. The van der Waals surface area contributed by atoms with E-state index in [2.05, 4.69) is 4.72 Å². The Morgan fingerprint density at radius 1 is 1.00 bits per heavy atom. The molecule has 3 aliphatic rings. The van der Waals surface area contributed by atoms with E-state index in [1.54, 1.807) is 11.0 Å². The lowest BCUT2D eigenvalue weighted by atomic mass is 10.1. The van der Waals surface area contributed by atoms with E-state index in [4.69, 9.17) is 4.74 Å². The second kappa shape index (κ2) is 8.55. The zero-order chi connectivity index (χ0) is 21.3. The van der Waals surface area contributed by atoms with Gasteiger partial charge in [0.1, 0.15) is 10.6 Å². The van der Waals surface area contributed by atoms with Gasteiger partial charge in [-0.05, 0) is 43.9 Å². The number of ether oxygens (including phenoxy) is 1. The highest BCUT2D eigenvalue weighted by molar-refractivity contribution is 7.89. The summed E-state index contributed by atoms with van der Waals surface area (Å²) in [5, 5.41) is 0. The predicted octanol–water partition coefficient (Wildman–Crippen LogP) is 1.61. The Morgan fingerprint density at radius 3 is 2.23 bits per heavy atom. The van der Waals surface area contributed by atoms with Crippen LogP contribution in [-0.2, 0) is 14.8 Å². The minimum absolute atomic E-state index is 0.00898. The van der Waals surface area contributed by atoms with E-state index in [0.29, 0.717) is 31.7 Å². The fourth-order valence-corrected chi connectivity index (χ4v) is 5.75.